The first-order valence-electron chi connectivity index (χ1n) is 10.3. The zero-order valence-corrected chi connectivity index (χ0v) is 16.6. The SMILES string of the molecule is O=C(C1CN(c2cc(-n3cncn3)ncn2)C1)N1CCN(C(=O)C2CCCO2)CC1. The van der Waals surface area contributed by atoms with Gasteiger partial charge in [-0.05, 0) is 12.8 Å². The molecule has 1 unspecified atom stereocenters. The average molecular weight is 412 g/mol. The standard InChI is InChI=1S/C19H24N8O3/c28-18(24-3-5-25(6-4-24)19(29)15-2-1-7-30-15)14-9-26(10-14)16-8-17(22-12-21-16)27-13-20-11-23-27/h8,11-15H,1-7,9-10H2. The van der Waals surface area contributed by atoms with Gasteiger partial charge in [0.15, 0.2) is 5.82 Å². The van der Waals surface area contributed by atoms with Crippen LogP contribution >= 0.6 is 0 Å². The lowest BCUT2D eigenvalue weighted by Crippen LogP contribution is -2.59. The number of hydrogen-bond donors (Lipinski definition) is 0. The summed E-state index contributed by atoms with van der Waals surface area (Å²) in [6.45, 7) is 4.24. The molecule has 11 heteroatoms. The van der Waals surface area contributed by atoms with Gasteiger partial charge in [-0.25, -0.2) is 19.6 Å². The van der Waals surface area contributed by atoms with Gasteiger partial charge in [0.1, 0.15) is 30.9 Å². The van der Waals surface area contributed by atoms with Crippen molar-refractivity contribution in [2.75, 3.05) is 50.8 Å². The minimum absolute atomic E-state index is 0.0461. The first kappa shape index (κ1) is 18.9. The summed E-state index contributed by atoms with van der Waals surface area (Å²) in [4.78, 5) is 43.5. The molecule has 0 N–H and O–H groups in total. The van der Waals surface area contributed by atoms with Crippen LogP contribution in [0.15, 0.2) is 25.0 Å². The highest BCUT2D eigenvalue weighted by Gasteiger charge is 2.38. The number of nitrogens with zero attached hydrogens (tertiary/aromatic N) is 8. The number of anilines is 1. The molecule has 2 aromatic heterocycles. The smallest absolute Gasteiger partial charge is 0.251 e. The van der Waals surface area contributed by atoms with E-state index in [9.17, 15) is 9.59 Å². The fourth-order valence-electron chi connectivity index (χ4n) is 4.17. The molecule has 0 aromatic carbocycles. The second-order valence-electron chi connectivity index (χ2n) is 7.83. The van der Waals surface area contributed by atoms with E-state index in [4.69, 9.17) is 4.74 Å². The van der Waals surface area contributed by atoms with Gasteiger partial charge in [-0.1, -0.05) is 0 Å². The van der Waals surface area contributed by atoms with Crippen molar-refractivity contribution in [3.05, 3.63) is 25.0 Å². The molecule has 11 nitrogen and oxygen atoms in total. The summed E-state index contributed by atoms with van der Waals surface area (Å²) in [6, 6.07) is 1.84. The summed E-state index contributed by atoms with van der Waals surface area (Å²) in [7, 11) is 0. The van der Waals surface area contributed by atoms with Gasteiger partial charge in [0.25, 0.3) is 5.91 Å². The highest BCUT2D eigenvalue weighted by molar-refractivity contribution is 5.83. The van der Waals surface area contributed by atoms with Crippen LogP contribution in [-0.4, -0.2) is 98.3 Å². The molecule has 3 aliphatic heterocycles. The summed E-state index contributed by atoms with van der Waals surface area (Å²) < 4.78 is 7.07. The number of piperazine rings is 1. The van der Waals surface area contributed by atoms with Crippen LogP contribution in [0.3, 0.4) is 0 Å². The fraction of sp³-hybridized carbons (Fsp3) is 0.579. The number of amides is 2. The van der Waals surface area contributed by atoms with E-state index in [1.54, 1.807) is 11.0 Å². The molecule has 0 aliphatic carbocycles. The number of ether oxygens (including phenoxy) is 1. The molecule has 0 spiro atoms. The first-order chi connectivity index (χ1) is 14.7. The summed E-state index contributed by atoms with van der Waals surface area (Å²) in [5.74, 6) is 1.59. The van der Waals surface area contributed by atoms with Crippen LogP contribution in [0.4, 0.5) is 5.82 Å². The third-order valence-electron chi connectivity index (χ3n) is 5.95. The Morgan fingerprint density at radius 3 is 2.37 bits per heavy atom. The van der Waals surface area contributed by atoms with Gasteiger partial charge in [-0.2, -0.15) is 5.10 Å². The Balaban J connectivity index is 1.12. The van der Waals surface area contributed by atoms with Gasteiger partial charge in [0, 0.05) is 51.9 Å². The topological polar surface area (TPSA) is 110 Å². The molecule has 0 bridgehead atoms. The normalized spacial score (nSPS) is 22.3. The molecule has 2 amide bonds. The molecule has 0 radical (unpaired) electrons. The van der Waals surface area contributed by atoms with E-state index in [1.807, 2.05) is 15.9 Å². The maximum atomic E-state index is 12.9. The third-order valence-corrected chi connectivity index (χ3v) is 5.95. The average Bonchev–Trinajstić information content (AvgIpc) is 3.47. The molecule has 5 heterocycles. The molecule has 3 fully saturated rings. The highest BCUT2D eigenvalue weighted by Crippen LogP contribution is 2.25. The Kier molecular flexibility index (Phi) is 5.03. The van der Waals surface area contributed by atoms with Gasteiger partial charge in [-0.15, -0.1) is 0 Å². The van der Waals surface area contributed by atoms with Crippen LogP contribution in [0.2, 0.25) is 0 Å². The van der Waals surface area contributed by atoms with E-state index < -0.39 is 0 Å². The lowest BCUT2D eigenvalue weighted by molar-refractivity contribution is -0.147. The summed E-state index contributed by atoms with van der Waals surface area (Å²) in [6.07, 6.45) is 5.98. The molecule has 3 saturated heterocycles. The van der Waals surface area contributed by atoms with E-state index in [-0.39, 0.29) is 23.8 Å². The number of rotatable bonds is 4. The summed E-state index contributed by atoms with van der Waals surface area (Å²) >= 11 is 0. The molecule has 30 heavy (non-hydrogen) atoms. The number of hydrogen-bond acceptors (Lipinski definition) is 8. The van der Waals surface area contributed by atoms with E-state index >= 15 is 0 Å². The number of aromatic nitrogens is 5. The van der Waals surface area contributed by atoms with E-state index in [0.29, 0.717) is 51.7 Å². The predicted molar refractivity (Wildman–Crippen MR) is 105 cm³/mol. The van der Waals surface area contributed by atoms with E-state index in [1.165, 1.54) is 12.7 Å². The van der Waals surface area contributed by atoms with Crippen LogP contribution in [0.5, 0.6) is 0 Å². The van der Waals surface area contributed by atoms with Crippen LogP contribution < -0.4 is 4.90 Å². The second-order valence-corrected chi connectivity index (χ2v) is 7.83. The minimum atomic E-state index is -0.289. The van der Waals surface area contributed by atoms with Crippen molar-refractivity contribution >= 4 is 17.6 Å². The van der Waals surface area contributed by atoms with Gasteiger partial charge in [0.05, 0.1) is 5.92 Å². The minimum Gasteiger partial charge on any atom is -0.368 e. The van der Waals surface area contributed by atoms with Gasteiger partial charge in [-0.3, -0.25) is 9.59 Å². The second kappa shape index (κ2) is 7.98. The quantitative estimate of drug-likeness (QED) is 0.651. The Hall–Kier alpha value is -3.08. The lowest BCUT2D eigenvalue weighted by Gasteiger charge is -2.43. The number of carbonyl (C=O) groups excluding carboxylic acids is 2. The molecule has 2 aromatic rings. The molecular weight excluding hydrogens is 388 g/mol. The monoisotopic (exact) mass is 412 g/mol. The van der Waals surface area contributed by atoms with Crippen LogP contribution in [-0.2, 0) is 14.3 Å². The fourth-order valence-corrected chi connectivity index (χ4v) is 4.17. The maximum absolute atomic E-state index is 12.9. The highest BCUT2D eigenvalue weighted by atomic mass is 16.5. The van der Waals surface area contributed by atoms with Crippen molar-refractivity contribution in [2.24, 2.45) is 5.92 Å². The Bertz CT molecular complexity index is 900. The van der Waals surface area contributed by atoms with Crippen LogP contribution in [0.1, 0.15) is 12.8 Å². The van der Waals surface area contributed by atoms with Crippen molar-refractivity contribution < 1.29 is 14.3 Å². The molecular formula is C19H24N8O3. The van der Waals surface area contributed by atoms with Crippen molar-refractivity contribution in [1.29, 1.82) is 0 Å². The molecule has 3 aliphatic rings. The van der Waals surface area contributed by atoms with Crippen molar-refractivity contribution in [3.63, 3.8) is 0 Å². The Morgan fingerprint density at radius 2 is 1.70 bits per heavy atom. The summed E-state index contributed by atoms with van der Waals surface area (Å²) in [5, 5.41) is 4.08. The first-order valence-corrected chi connectivity index (χ1v) is 10.3. The largest absolute Gasteiger partial charge is 0.368 e. The van der Waals surface area contributed by atoms with Gasteiger partial charge >= 0.3 is 0 Å². The molecule has 158 valence electrons. The van der Waals surface area contributed by atoms with Gasteiger partial charge < -0.3 is 19.4 Å². The third kappa shape index (κ3) is 3.60. The predicted octanol–water partition coefficient (Wildman–Crippen LogP) is -0.657. The van der Waals surface area contributed by atoms with Crippen LogP contribution in [0, 0.1) is 5.92 Å². The lowest BCUT2D eigenvalue weighted by atomic mass is 9.98. The molecule has 0 saturated carbocycles. The van der Waals surface area contributed by atoms with E-state index in [2.05, 4.69) is 25.0 Å². The zero-order chi connectivity index (χ0) is 20.5. The van der Waals surface area contributed by atoms with E-state index in [0.717, 1.165) is 18.7 Å². The van der Waals surface area contributed by atoms with Crippen LogP contribution in [0.25, 0.3) is 5.82 Å². The van der Waals surface area contributed by atoms with Crippen molar-refractivity contribution in [1.82, 2.24) is 34.5 Å². The molecule has 5 rings (SSSR count). The van der Waals surface area contributed by atoms with Crippen molar-refractivity contribution in [3.8, 4) is 5.82 Å². The zero-order valence-electron chi connectivity index (χ0n) is 16.6. The number of carbonyl (C=O) groups is 2. The Labute approximate surface area is 173 Å². The maximum Gasteiger partial charge on any atom is 0.251 e. The summed E-state index contributed by atoms with van der Waals surface area (Å²) in [5.41, 5.74) is 0. The molecule has 1 atom stereocenters. The Morgan fingerprint density at radius 1 is 0.967 bits per heavy atom. The van der Waals surface area contributed by atoms with Gasteiger partial charge in [0.2, 0.25) is 5.91 Å². The van der Waals surface area contributed by atoms with Crippen molar-refractivity contribution in [2.45, 2.75) is 18.9 Å².